The van der Waals surface area contributed by atoms with E-state index in [2.05, 4.69) is 10.00 Å². The fourth-order valence-corrected chi connectivity index (χ4v) is 2.84. The smallest absolute Gasteiger partial charge is 0.301 e. The van der Waals surface area contributed by atoms with Gasteiger partial charge in [0.05, 0.1) is 11.0 Å². The molecule has 6 nitrogen and oxygen atoms in total. The molecule has 0 amide bonds. The Kier molecular flexibility index (Phi) is 2.17. The highest BCUT2D eigenvalue weighted by atomic mass is 16.6. The lowest BCUT2D eigenvalue weighted by molar-refractivity contribution is -0.385. The number of fused-ring (bicyclic) bond motifs is 3. The van der Waals surface area contributed by atoms with Crippen molar-refractivity contribution in [1.82, 2.24) is 14.7 Å². The lowest BCUT2D eigenvalue weighted by Gasteiger charge is -2.44. The first-order chi connectivity index (χ1) is 7.74. The van der Waals surface area contributed by atoms with Crippen LogP contribution in [-0.4, -0.2) is 39.2 Å². The first-order valence-corrected chi connectivity index (χ1v) is 5.65. The minimum atomic E-state index is -0.384. The van der Waals surface area contributed by atoms with Crippen molar-refractivity contribution in [2.24, 2.45) is 5.92 Å². The van der Waals surface area contributed by atoms with Crippen molar-refractivity contribution in [2.45, 2.75) is 18.9 Å². The highest BCUT2D eigenvalue weighted by molar-refractivity contribution is 5.21. The number of piperidine rings is 3. The van der Waals surface area contributed by atoms with Crippen molar-refractivity contribution >= 4 is 5.69 Å². The molecule has 3 aliphatic rings. The van der Waals surface area contributed by atoms with E-state index in [1.807, 2.05) is 0 Å². The molecule has 3 saturated heterocycles. The van der Waals surface area contributed by atoms with Crippen molar-refractivity contribution < 1.29 is 4.92 Å². The standard InChI is InChI=1S/C10H14N4O2/c15-14(16)9-5-11-13(6-9)10-7-12-3-1-8(10)2-4-12/h5-6,8,10H,1-4,7H2/t10-/m0/s1. The molecule has 0 saturated carbocycles. The number of hydrogen-bond acceptors (Lipinski definition) is 4. The third-order valence-corrected chi connectivity index (χ3v) is 3.76. The van der Waals surface area contributed by atoms with Gasteiger partial charge in [0, 0.05) is 6.54 Å². The summed E-state index contributed by atoms with van der Waals surface area (Å²) < 4.78 is 1.79. The molecule has 2 bridgehead atoms. The van der Waals surface area contributed by atoms with Gasteiger partial charge in [-0.3, -0.25) is 14.8 Å². The van der Waals surface area contributed by atoms with Gasteiger partial charge in [0.1, 0.15) is 12.4 Å². The second-order valence-electron chi connectivity index (χ2n) is 4.64. The Morgan fingerprint density at radius 1 is 1.44 bits per heavy atom. The third kappa shape index (κ3) is 1.49. The van der Waals surface area contributed by atoms with Gasteiger partial charge in [0.25, 0.3) is 0 Å². The highest BCUT2D eigenvalue weighted by Crippen LogP contribution is 2.35. The summed E-state index contributed by atoms with van der Waals surface area (Å²) in [6, 6.07) is 0.330. The normalized spacial score (nSPS) is 32.9. The minimum Gasteiger partial charge on any atom is -0.301 e. The van der Waals surface area contributed by atoms with Crippen molar-refractivity contribution in [2.75, 3.05) is 19.6 Å². The number of rotatable bonds is 2. The molecule has 0 aromatic carbocycles. The Balaban J connectivity index is 1.83. The summed E-state index contributed by atoms with van der Waals surface area (Å²) in [6.45, 7) is 3.33. The first kappa shape index (κ1) is 9.77. The molecule has 86 valence electrons. The van der Waals surface area contributed by atoms with Crippen LogP contribution in [0.1, 0.15) is 18.9 Å². The number of nitro groups is 1. The Morgan fingerprint density at radius 2 is 2.19 bits per heavy atom. The SMILES string of the molecule is O=[N+]([O-])c1cnn([C@H]2CN3CCC2CC3)c1. The van der Waals surface area contributed by atoms with Gasteiger partial charge in [-0.15, -0.1) is 0 Å². The van der Waals surface area contributed by atoms with Gasteiger partial charge in [-0.2, -0.15) is 5.10 Å². The maximum atomic E-state index is 10.6. The zero-order valence-corrected chi connectivity index (χ0v) is 8.95. The fourth-order valence-electron chi connectivity index (χ4n) is 2.84. The molecule has 16 heavy (non-hydrogen) atoms. The van der Waals surface area contributed by atoms with Gasteiger partial charge >= 0.3 is 5.69 Å². The zero-order chi connectivity index (χ0) is 11.1. The molecule has 0 N–H and O–H groups in total. The van der Waals surface area contributed by atoms with Crippen molar-refractivity contribution in [3.63, 3.8) is 0 Å². The molecule has 3 fully saturated rings. The Hall–Kier alpha value is -1.43. The summed E-state index contributed by atoms with van der Waals surface area (Å²) in [6.07, 6.45) is 5.29. The topological polar surface area (TPSA) is 64.2 Å². The van der Waals surface area contributed by atoms with Crippen molar-refractivity contribution in [3.05, 3.63) is 22.5 Å². The zero-order valence-electron chi connectivity index (χ0n) is 8.95. The van der Waals surface area contributed by atoms with E-state index >= 15 is 0 Å². The van der Waals surface area contributed by atoms with E-state index in [9.17, 15) is 10.1 Å². The Labute approximate surface area is 93.0 Å². The molecule has 4 heterocycles. The summed E-state index contributed by atoms with van der Waals surface area (Å²) in [5.41, 5.74) is 0.0939. The monoisotopic (exact) mass is 222 g/mol. The molecule has 1 atom stereocenters. The minimum absolute atomic E-state index is 0.0939. The Morgan fingerprint density at radius 3 is 2.69 bits per heavy atom. The van der Waals surface area contributed by atoms with Crippen LogP contribution in [0.25, 0.3) is 0 Å². The van der Waals surface area contributed by atoms with E-state index in [-0.39, 0.29) is 10.6 Å². The summed E-state index contributed by atoms with van der Waals surface area (Å²) in [5, 5.41) is 14.7. The molecule has 3 aliphatic heterocycles. The maximum absolute atomic E-state index is 10.6. The van der Waals surface area contributed by atoms with Crippen LogP contribution in [0.2, 0.25) is 0 Å². The predicted molar refractivity (Wildman–Crippen MR) is 57.1 cm³/mol. The van der Waals surface area contributed by atoms with E-state index in [0.717, 1.165) is 6.54 Å². The van der Waals surface area contributed by atoms with Crippen LogP contribution in [0.4, 0.5) is 5.69 Å². The predicted octanol–water partition coefficient (Wildman–Crippen LogP) is 1.06. The second kappa shape index (κ2) is 3.55. The van der Waals surface area contributed by atoms with E-state index in [4.69, 9.17) is 0 Å². The molecular weight excluding hydrogens is 208 g/mol. The van der Waals surface area contributed by atoms with Gasteiger partial charge in [0.2, 0.25) is 0 Å². The van der Waals surface area contributed by atoms with Crippen LogP contribution < -0.4 is 0 Å². The van der Waals surface area contributed by atoms with Gasteiger partial charge in [-0.05, 0) is 31.8 Å². The van der Waals surface area contributed by atoms with Crippen molar-refractivity contribution in [1.29, 1.82) is 0 Å². The van der Waals surface area contributed by atoms with E-state index in [1.165, 1.54) is 32.1 Å². The van der Waals surface area contributed by atoms with Gasteiger partial charge in [-0.1, -0.05) is 0 Å². The average molecular weight is 222 g/mol. The van der Waals surface area contributed by atoms with Gasteiger partial charge in [-0.25, -0.2) is 0 Å². The number of nitrogens with zero attached hydrogens (tertiary/aromatic N) is 4. The van der Waals surface area contributed by atoms with Crippen LogP contribution in [0, 0.1) is 16.0 Å². The van der Waals surface area contributed by atoms with Crippen LogP contribution in [0.15, 0.2) is 12.4 Å². The maximum Gasteiger partial charge on any atom is 0.307 e. The van der Waals surface area contributed by atoms with E-state index in [1.54, 1.807) is 10.9 Å². The number of aromatic nitrogens is 2. The summed E-state index contributed by atoms with van der Waals surface area (Å²) in [4.78, 5) is 12.6. The average Bonchev–Trinajstić information content (AvgIpc) is 2.80. The lowest BCUT2D eigenvalue weighted by Crippen LogP contribution is -2.48. The summed E-state index contributed by atoms with van der Waals surface area (Å²) >= 11 is 0. The number of hydrogen-bond donors (Lipinski definition) is 0. The largest absolute Gasteiger partial charge is 0.307 e. The van der Waals surface area contributed by atoms with Crippen LogP contribution in [0.5, 0.6) is 0 Å². The van der Waals surface area contributed by atoms with Crippen molar-refractivity contribution in [3.8, 4) is 0 Å². The molecule has 0 spiro atoms. The van der Waals surface area contributed by atoms with Crippen LogP contribution in [-0.2, 0) is 0 Å². The third-order valence-electron chi connectivity index (χ3n) is 3.76. The lowest BCUT2D eigenvalue weighted by atomic mass is 9.84. The quantitative estimate of drug-likeness (QED) is 0.554. The van der Waals surface area contributed by atoms with E-state index in [0.29, 0.717) is 12.0 Å². The Bertz CT molecular complexity index is 409. The van der Waals surface area contributed by atoms with Gasteiger partial charge < -0.3 is 4.90 Å². The van der Waals surface area contributed by atoms with Crippen LogP contribution in [0.3, 0.4) is 0 Å². The molecule has 6 heteroatoms. The molecular formula is C10H14N4O2. The van der Waals surface area contributed by atoms with Gasteiger partial charge in [0.15, 0.2) is 0 Å². The summed E-state index contributed by atoms with van der Waals surface area (Å²) in [5.74, 6) is 0.643. The molecule has 1 aromatic rings. The summed E-state index contributed by atoms with van der Waals surface area (Å²) in [7, 11) is 0. The first-order valence-electron chi connectivity index (χ1n) is 5.65. The second-order valence-corrected chi connectivity index (χ2v) is 4.64. The van der Waals surface area contributed by atoms with E-state index < -0.39 is 0 Å². The van der Waals surface area contributed by atoms with Crippen LogP contribution >= 0.6 is 0 Å². The molecule has 0 unspecified atom stereocenters. The molecule has 0 radical (unpaired) electrons. The fraction of sp³-hybridized carbons (Fsp3) is 0.700. The molecule has 4 rings (SSSR count). The molecule has 0 aliphatic carbocycles. The molecule has 1 aromatic heterocycles. The highest BCUT2D eigenvalue weighted by Gasteiger charge is 2.35.